The summed E-state index contributed by atoms with van der Waals surface area (Å²) in [5, 5.41) is 3.22. The second-order valence-corrected chi connectivity index (χ2v) is 4.43. The van der Waals surface area contributed by atoms with Crippen LogP contribution in [-0.2, 0) is 0 Å². The molecule has 0 fully saturated rings. The summed E-state index contributed by atoms with van der Waals surface area (Å²) in [6.07, 6.45) is 8.86. The van der Waals surface area contributed by atoms with Crippen molar-refractivity contribution in [2.75, 3.05) is 18.5 Å². The summed E-state index contributed by atoms with van der Waals surface area (Å²) in [4.78, 5) is 8.25. The maximum atomic E-state index is 5.62. The van der Waals surface area contributed by atoms with E-state index >= 15 is 0 Å². The normalized spacial score (nSPS) is 10.3. The molecule has 0 amide bonds. The number of ether oxygens (including phenoxy) is 1. The number of anilines is 1. The number of nitrogens with one attached hydrogen (secondary N) is 1. The van der Waals surface area contributed by atoms with Crippen molar-refractivity contribution in [2.45, 2.75) is 52.4 Å². The van der Waals surface area contributed by atoms with Gasteiger partial charge in [0.25, 0.3) is 0 Å². The van der Waals surface area contributed by atoms with Gasteiger partial charge in [0.05, 0.1) is 6.61 Å². The minimum absolute atomic E-state index is 0.666. The van der Waals surface area contributed by atoms with E-state index in [1.54, 1.807) is 6.33 Å². The van der Waals surface area contributed by atoms with Gasteiger partial charge in [-0.2, -0.15) is 0 Å². The van der Waals surface area contributed by atoms with Crippen molar-refractivity contribution in [3.8, 4) is 5.88 Å². The van der Waals surface area contributed by atoms with Gasteiger partial charge < -0.3 is 10.1 Å². The molecule has 0 bridgehead atoms. The largest absolute Gasteiger partial charge is 0.478 e. The number of hydrogen-bond donors (Lipinski definition) is 1. The first-order valence-electron chi connectivity index (χ1n) is 7.05. The van der Waals surface area contributed by atoms with Gasteiger partial charge in [0.15, 0.2) is 0 Å². The molecule has 0 atom stereocenters. The van der Waals surface area contributed by atoms with Crippen LogP contribution in [0.25, 0.3) is 0 Å². The molecule has 0 aliphatic rings. The smallest absolute Gasteiger partial charge is 0.218 e. The summed E-state index contributed by atoms with van der Waals surface area (Å²) in [5.41, 5.74) is 0. The fraction of sp³-hybridized carbons (Fsp3) is 0.714. The summed E-state index contributed by atoms with van der Waals surface area (Å²) in [6.45, 7) is 6.02. The van der Waals surface area contributed by atoms with Crippen molar-refractivity contribution in [1.82, 2.24) is 9.97 Å². The third-order valence-corrected chi connectivity index (χ3v) is 2.70. The van der Waals surface area contributed by atoms with E-state index in [1.807, 2.05) is 6.07 Å². The van der Waals surface area contributed by atoms with Gasteiger partial charge >= 0.3 is 0 Å². The minimum Gasteiger partial charge on any atom is -0.478 e. The monoisotopic (exact) mass is 251 g/mol. The van der Waals surface area contributed by atoms with Crippen molar-refractivity contribution < 1.29 is 4.74 Å². The average Bonchev–Trinajstić information content (AvgIpc) is 2.41. The van der Waals surface area contributed by atoms with Crippen molar-refractivity contribution in [2.24, 2.45) is 0 Å². The average molecular weight is 251 g/mol. The molecule has 1 heterocycles. The Morgan fingerprint density at radius 3 is 2.67 bits per heavy atom. The SMILES string of the molecule is CCCCCCCOc1cc(NCCC)ncn1. The molecule has 0 spiro atoms. The van der Waals surface area contributed by atoms with Crippen LogP contribution in [0.1, 0.15) is 52.4 Å². The first-order valence-corrected chi connectivity index (χ1v) is 7.05. The van der Waals surface area contributed by atoms with Crippen molar-refractivity contribution in [3.05, 3.63) is 12.4 Å². The van der Waals surface area contributed by atoms with Crippen LogP contribution in [0.3, 0.4) is 0 Å². The molecule has 4 nitrogen and oxygen atoms in total. The Morgan fingerprint density at radius 1 is 1.06 bits per heavy atom. The summed E-state index contributed by atoms with van der Waals surface area (Å²) < 4.78 is 5.62. The van der Waals surface area contributed by atoms with Crippen LogP contribution in [0.5, 0.6) is 5.88 Å². The van der Waals surface area contributed by atoms with Gasteiger partial charge in [0, 0.05) is 12.6 Å². The summed E-state index contributed by atoms with van der Waals surface area (Å²) in [5.74, 6) is 1.51. The molecule has 0 radical (unpaired) electrons. The molecule has 0 aliphatic heterocycles. The zero-order valence-electron chi connectivity index (χ0n) is 11.6. The predicted molar refractivity (Wildman–Crippen MR) is 75.1 cm³/mol. The first kappa shape index (κ1) is 14.7. The topological polar surface area (TPSA) is 47.0 Å². The maximum absolute atomic E-state index is 5.62. The summed E-state index contributed by atoms with van der Waals surface area (Å²) in [7, 11) is 0. The molecule has 18 heavy (non-hydrogen) atoms. The van der Waals surface area contributed by atoms with Crippen molar-refractivity contribution in [3.63, 3.8) is 0 Å². The molecule has 1 rings (SSSR count). The number of nitrogens with zero attached hydrogens (tertiary/aromatic N) is 2. The van der Waals surface area contributed by atoms with Crippen LogP contribution in [0.4, 0.5) is 5.82 Å². The Labute approximate surface area is 110 Å². The van der Waals surface area contributed by atoms with Crippen LogP contribution in [-0.4, -0.2) is 23.1 Å². The Morgan fingerprint density at radius 2 is 1.89 bits per heavy atom. The van der Waals surface area contributed by atoms with Gasteiger partial charge in [0.2, 0.25) is 5.88 Å². The molecule has 0 aliphatic carbocycles. The molecule has 4 heteroatoms. The lowest BCUT2D eigenvalue weighted by Crippen LogP contribution is -2.04. The molecule has 0 unspecified atom stereocenters. The van der Waals surface area contributed by atoms with Gasteiger partial charge in [-0.05, 0) is 12.8 Å². The highest BCUT2D eigenvalue weighted by atomic mass is 16.5. The first-order chi connectivity index (χ1) is 8.86. The zero-order chi connectivity index (χ0) is 13.1. The van der Waals surface area contributed by atoms with E-state index in [9.17, 15) is 0 Å². The number of aromatic nitrogens is 2. The van der Waals surface area contributed by atoms with E-state index in [-0.39, 0.29) is 0 Å². The molecule has 0 saturated heterocycles. The van der Waals surface area contributed by atoms with E-state index in [4.69, 9.17) is 4.74 Å². The lowest BCUT2D eigenvalue weighted by molar-refractivity contribution is 0.293. The van der Waals surface area contributed by atoms with Crippen molar-refractivity contribution in [1.29, 1.82) is 0 Å². The van der Waals surface area contributed by atoms with E-state index in [0.717, 1.165) is 31.8 Å². The fourth-order valence-corrected chi connectivity index (χ4v) is 1.65. The van der Waals surface area contributed by atoms with Crippen molar-refractivity contribution >= 4 is 5.82 Å². The third-order valence-electron chi connectivity index (χ3n) is 2.70. The summed E-state index contributed by atoms with van der Waals surface area (Å²) >= 11 is 0. The van der Waals surface area contributed by atoms with E-state index in [2.05, 4.69) is 29.1 Å². The van der Waals surface area contributed by atoms with Crippen LogP contribution >= 0.6 is 0 Å². The molecular formula is C14H25N3O. The predicted octanol–water partition coefficient (Wildman–Crippen LogP) is 3.65. The molecule has 1 aromatic rings. The summed E-state index contributed by atoms with van der Waals surface area (Å²) in [6, 6.07) is 1.86. The quantitative estimate of drug-likeness (QED) is 0.645. The number of hydrogen-bond acceptors (Lipinski definition) is 4. The molecule has 0 aromatic carbocycles. The molecule has 0 saturated carbocycles. The number of unbranched alkanes of at least 4 members (excludes halogenated alkanes) is 4. The van der Waals surface area contributed by atoms with E-state index in [0.29, 0.717) is 5.88 Å². The Bertz CT molecular complexity index is 318. The molecule has 102 valence electrons. The van der Waals surface area contributed by atoms with E-state index in [1.165, 1.54) is 25.7 Å². The molecular weight excluding hydrogens is 226 g/mol. The Hall–Kier alpha value is -1.32. The van der Waals surface area contributed by atoms with Crippen LogP contribution < -0.4 is 10.1 Å². The van der Waals surface area contributed by atoms with Crippen LogP contribution in [0, 0.1) is 0 Å². The lowest BCUT2D eigenvalue weighted by atomic mass is 10.2. The highest BCUT2D eigenvalue weighted by molar-refractivity contribution is 5.36. The van der Waals surface area contributed by atoms with Gasteiger partial charge in [0.1, 0.15) is 12.1 Å². The van der Waals surface area contributed by atoms with Crippen LogP contribution in [0.15, 0.2) is 12.4 Å². The molecule has 1 aromatic heterocycles. The Kier molecular flexibility index (Phi) is 7.93. The Balaban J connectivity index is 2.20. The highest BCUT2D eigenvalue weighted by Gasteiger charge is 1.99. The van der Waals surface area contributed by atoms with Gasteiger partial charge in [-0.3, -0.25) is 0 Å². The second-order valence-electron chi connectivity index (χ2n) is 4.43. The zero-order valence-corrected chi connectivity index (χ0v) is 11.6. The number of rotatable bonds is 10. The third kappa shape index (κ3) is 6.42. The van der Waals surface area contributed by atoms with Crippen LogP contribution in [0.2, 0.25) is 0 Å². The standard InChI is InChI=1S/C14H25N3O/c1-3-5-6-7-8-10-18-14-11-13(15-9-4-2)16-12-17-14/h11-12H,3-10H2,1-2H3,(H,15,16,17). The van der Waals surface area contributed by atoms with Gasteiger partial charge in [-0.15, -0.1) is 0 Å². The van der Waals surface area contributed by atoms with E-state index < -0.39 is 0 Å². The lowest BCUT2D eigenvalue weighted by Gasteiger charge is -2.07. The molecule has 1 N–H and O–H groups in total. The van der Waals surface area contributed by atoms with Gasteiger partial charge in [-0.25, -0.2) is 9.97 Å². The maximum Gasteiger partial charge on any atom is 0.218 e. The minimum atomic E-state index is 0.666. The highest BCUT2D eigenvalue weighted by Crippen LogP contribution is 2.11. The van der Waals surface area contributed by atoms with Gasteiger partial charge in [-0.1, -0.05) is 39.5 Å². The second kappa shape index (κ2) is 9.68. The fourth-order valence-electron chi connectivity index (χ4n) is 1.65.